The van der Waals surface area contributed by atoms with Crippen molar-refractivity contribution in [3.63, 3.8) is 0 Å². The minimum absolute atomic E-state index is 0.0219. The van der Waals surface area contributed by atoms with E-state index >= 15 is 0 Å². The van der Waals surface area contributed by atoms with E-state index in [1.54, 1.807) is 7.05 Å². The summed E-state index contributed by atoms with van der Waals surface area (Å²) in [5.74, 6) is -0.421. The molecule has 2 heterocycles. The molecule has 3 aliphatic rings. The Bertz CT molecular complexity index is 865. The molecule has 2 aliphatic heterocycles. The van der Waals surface area contributed by atoms with Crippen LogP contribution in [0.2, 0.25) is 0 Å². The van der Waals surface area contributed by atoms with Gasteiger partial charge in [0.2, 0.25) is 0 Å². The summed E-state index contributed by atoms with van der Waals surface area (Å²) in [5, 5.41) is 67.2. The number of rotatable bonds is 13. The summed E-state index contributed by atoms with van der Waals surface area (Å²) in [4.78, 5) is 4.19. The van der Waals surface area contributed by atoms with E-state index in [9.17, 15) is 29.9 Å². The third-order valence-corrected chi connectivity index (χ3v) is 7.98. The van der Waals surface area contributed by atoms with Crippen LogP contribution < -0.4 is 27.8 Å². The van der Waals surface area contributed by atoms with Gasteiger partial charge in [0.05, 0.1) is 43.5 Å². The summed E-state index contributed by atoms with van der Waals surface area (Å²) in [6, 6.07) is -3.22. The number of nitrogens with one attached hydrogen (secondary N) is 2. The van der Waals surface area contributed by atoms with Gasteiger partial charge in [-0.15, -0.1) is 0 Å². The molecule has 0 bridgehead atoms. The topological polar surface area (TPSA) is 273 Å². The van der Waals surface area contributed by atoms with Crippen LogP contribution in [-0.4, -0.2) is 162 Å². The van der Waals surface area contributed by atoms with E-state index in [1.807, 2.05) is 0 Å². The summed E-state index contributed by atoms with van der Waals surface area (Å²) in [6.07, 6.45) is -9.23. The minimum atomic E-state index is -1.68. The number of amidine groups is 1. The third kappa shape index (κ3) is 8.72. The van der Waals surface area contributed by atoms with Crippen LogP contribution >= 0.6 is 0 Å². The smallest absolute Gasteiger partial charge is 0.185 e. The standard InChI is InChI=1S/C25H49FN6O10/c1-25(38)10-39-24(18(37)21(25)30-2)42-20-15(32-22(29)16(35)6-26)5-14(28)19(17(20)36)41-23-13(27)4-3-12(40-23)8-31-7-11(34)9-33/h11-21,23-24,30-31,33-38H,3-10,27-28H2,1-2H3,(H2,29,32)/t11?,12-,13+,14-,15+,16?,17-,18+,19+,20-,21+,23+,24+,25-/m0/s1. The molecule has 0 spiro atoms. The third-order valence-electron chi connectivity index (χ3n) is 7.98. The van der Waals surface area contributed by atoms with Gasteiger partial charge in [-0.3, -0.25) is 4.99 Å². The van der Waals surface area contributed by atoms with Gasteiger partial charge in [0.25, 0.3) is 0 Å². The molecule has 14 atom stereocenters. The second-order valence-electron chi connectivity index (χ2n) is 11.5. The first kappa shape index (κ1) is 35.3. The van der Waals surface area contributed by atoms with Crippen molar-refractivity contribution in [2.45, 2.75) is 111 Å². The number of aliphatic hydroxyl groups is 6. The van der Waals surface area contributed by atoms with Crippen molar-refractivity contribution in [3.8, 4) is 0 Å². The molecule has 2 saturated heterocycles. The summed E-state index contributed by atoms with van der Waals surface area (Å²) in [5.41, 5.74) is 17.0. The number of halogens is 1. The molecule has 16 nitrogen and oxygen atoms in total. The summed E-state index contributed by atoms with van der Waals surface area (Å²) >= 11 is 0. The zero-order valence-corrected chi connectivity index (χ0v) is 24.0. The van der Waals surface area contributed by atoms with E-state index in [-0.39, 0.29) is 32.3 Å². The number of aliphatic imine (C=N–C) groups is 1. The van der Waals surface area contributed by atoms with E-state index in [0.717, 1.165) is 0 Å². The minimum Gasteiger partial charge on any atom is -0.394 e. The van der Waals surface area contributed by atoms with Crippen LogP contribution in [0, 0.1) is 0 Å². The number of alkyl halides is 1. The monoisotopic (exact) mass is 612 g/mol. The molecule has 0 aromatic heterocycles. The summed E-state index contributed by atoms with van der Waals surface area (Å²) in [6.45, 7) is 0.257. The maximum absolute atomic E-state index is 13.1. The SMILES string of the molecule is CN[C@@H]1[C@@H](O)[C@@H](O[C@@H]2[C@@H](O)[C@H](O[C@H]3O[C@H](CNCC(O)CO)CC[C@H]3N)[C@@H](N)C[C@H]2N=C(N)C(O)CF)OC[C@]1(C)O. The fourth-order valence-corrected chi connectivity index (χ4v) is 5.56. The Labute approximate surface area is 244 Å². The first-order valence-corrected chi connectivity index (χ1v) is 14.2. The van der Waals surface area contributed by atoms with E-state index in [1.165, 1.54) is 6.92 Å². The highest BCUT2D eigenvalue weighted by atomic mass is 19.1. The summed E-state index contributed by atoms with van der Waals surface area (Å²) < 4.78 is 36.9. The molecule has 0 radical (unpaired) electrons. The lowest BCUT2D eigenvalue weighted by atomic mass is 9.83. The predicted molar refractivity (Wildman–Crippen MR) is 147 cm³/mol. The zero-order valence-electron chi connectivity index (χ0n) is 24.0. The highest BCUT2D eigenvalue weighted by Gasteiger charge is 2.51. The predicted octanol–water partition coefficient (Wildman–Crippen LogP) is -5.26. The van der Waals surface area contributed by atoms with E-state index < -0.39 is 91.5 Å². The van der Waals surface area contributed by atoms with Crippen LogP contribution in [0.25, 0.3) is 0 Å². The lowest BCUT2D eigenvalue weighted by Crippen LogP contribution is -2.67. The molecule has 1 aliphatic carbocycles. The Morgan fingerprint density at radius 1 is 1.12 bits per heavy atom. The van der Waals surface area contributed by atoms with Gasteiger partial charge in [0, 0.05) is 19.1 Å². The number of aliphatic hydroxyl groups excluding tert-OH is 5. The lowest BCUT2D eigenvalue weighted by molar-refractivity contribution is -0.306. The molecule has 0 aromatic rings. The van der Waals surface area contributed by atoms with E-state index in [0.29, 0.717) is 19.4 Å². The van der Waals surface area contributed by atoms with Crippen LogP contribution in [0.15, 0.2) is 4.99 Å². The van der Waals surface area contributed by atoms with Gasteiger partial charge in [-0.05, 0) is 33.2 Å². The second kappa shape index (κ2) is 15.7. The second-order valence-corrected chi connectivity index (χ2v) is 11.5. The van der Waals surface area contributed by atoms with Crippen LogP contribution in [0.5, 0.6) is 0 Å². The fourth-order valence-electron chi connectivity index (χ4n) is 5.56. The largest absolute Gasteiger partial charge is 0.394 e. The van der Waals surface area contributed by atoms with Crippen molar-refractivity contribution >= 4 is 5.84 Å². The van der Waals surface area contributed by atoms with Crippen LogP contribution in [-0.2, 0) is 18.9 Å². The summed E-state index contributed by atoms with van der Waals surface area (Å²) in [7, 11) is 1.56. The maximum Gasteiger partial charge on any atom is 0.185 e. The molecular weight excluding hydrogens is 563 g/mol. The molecule has 0 amide bonds. The molecule has 17 heteroatoms. The average molecular weight is 613 g/mol. The number of hydrogen-bond donors (Lipinski definition) is 11. The normalized spacial score (nSPS) is 43.2. The molecule has 3 rings (SSSR count). The molecule has 14 N–H and O–H groups in total. The van der Waals surface area contributed by atoms with Crippen molar-refractivity contribution in [1.82, 2.24) is 10.6 Å². The Balaban J connectivity index is 1.78. The first-order chi connectivity index (χ1) is 19.8. The van der Waals surface area contributed by atoms with Gasteiger partial charge in [-0.2, -0.15) is 0 Å². The molecule has 1 saturated carbocycles. The van der Waals surface area contributed by atoms with Gasteiger partial charge in [-0.25, -0.2) is 4.39 Å². The first-order valence-electron chi connectivity index (χ1n) is 14.2. The fraction of sp³-hybridized carbons (Fsp3) is 0.960. The highest BCUT2D eigenvalue weighted by Crippen LogP contribution is 2.33. The van der Waals surface area contributed by atoms with Crippen molar-refractivity contribution in [1.29, 1.82) is 0 Å². The van der Waals surface area contributed by atoms with Crippen LogP contribution in [0.3, 0.4) is 0 Å². The highest BCUT2D eigenvalue weighted by molar-refractivity contribution is 5.85. The Kier molecular flexibility index (Phi) is 13.2. The van der Waals surface area contributed by atoms with Gasteiger partial charge in [0.1, 0.15) is 48.6 Å². The molecule has 42 heavy (non-hydrogen) atoms. The van der Waals surface area contributed by atoms with Gasteiger partial charge in [-0.1, -0.05) is 0 Å². The van der Waals surface area contributed by atoms with Crippen molar-refractivity contribution in [2.75, 3.05) is 40.0 Å². The zero-order chi connectivity index (χ0) is 31.2. The Morgan fingerprint density at radius 2 is 1.81 bits per heavy atom. The quantitative estimate of drug-likeness (QED) is 0.0685. The molecule has 0 aromatic carbocycles. The molecular formula is C25H49FN6O10. The molecule has 3 fully saturated rings. The number of hydrogen-bond acceptors (Lipinski definition) is 15. The van der Waals surface area contributed by atoms with Crippen LogP contribution in [0.1, 0.15) is 26.2 Å². The molecule has 2 unspecified atom stereocenters. The van der Waals surface area contributed by atoms with Crippen molar-refractivity contribution < 1.29 is 54.0 Å². The van der Waals surface area contributed by atoms with E-state index in [2.05, 4.69) is 15.6 Å². The van der Waals surface area contributed by atoms with E-state index in [4.69, 9.17) is 41.3 Å². The van der Waals surface area contributed by atoms with Gasteiger partial charge in [0.15, 0.2) is 12.6 Å². The van der Waals surface area contributed by atoms with Gasteiger partial charge >= 0.3 is 0 Å². The van der Waals surface area contributed by atoms with Crippen molar-refractivity contribution in [2.24, 2.45) is 22.2 Å². The molecule has 246 valence electrons. The van der Waals surface area contributed by atoms with Crippen molar-refractivity contribution in [3.05, 3.63) is 0 Å². The Hall–Kier alpha value is -1.16. The number of nitrogens with two attached hydrogens (primary N) is 3. The lowest BCUT2D eigenvalue weighted by Gasteiger charge is -2.48. The maximum atomic E-state index is 13.1. The number of ether oxygens (including phenoxy) is 4. The average Bonchev–Trinajstić information content (AvgIpc) is 2.94. The van der Waals surface area contributed by atoms with Gasteiger partial charge < -0.3 is 77.4 Å². The van der Waals surface area contributed by atoms with Crippen LogP contribution in [0.4, 0.5) is 4.39 Å². The Morgan fingerprint density at radius 3 is 2.45 bits per heavy atom. The number of likely N-dealkylation sites (N-methyl/N-ethyl adjacent to an activating group) is 1. The number of nitrogens with zero attached hydrogens (tertiary/aromatic N) is 1.